The number of rotatable bonds is 3. The van der Waals surface area contributed by atoms with E-state index in [2.05, 4.69) is 44.0 Å². The Bertz CT molecular complexity index is 367. The number of nitrogens with zero attached hydrogens (tertiary/aromatic N) is 1. The smallest absolute Gasteiger partial charge is 0.0396 e. The summed E-state index contributed by atoms with van der Waals surface area (Å²) in [6.45, 7) is 5.25. The first-order valence-corrected chi connectivity index (χ1v) is 5.57. The van der Waals surface area contributed by atoms with Crippen molar-refractivity contribution in [2.45, 2.75) is 32.2 Å². The molecule has 0 spiro atoms. The molecule has 0 amide bonds. The zero-order chi connectivity index (χ0) is 11.1. The third-order valence-electron chi connectivity index (χ3n) is 3.22. The van der Waals surface area contributed by atoms with Gasteiger partial charge in [0.25, 0.3) is 0 Å². The molecule has 1 aromatic carbocycles. The van der Waals surface area contributed by atoms with Crippen molar-refractivity contribution in [1.82, 2.24) is 0 Å². The number of benzene rings is 1. The molecule has 1 aliphatic carbocycles. The van der Waals surface area contributed by atoms with Crippen LogP contribution in [0.2, 0.25) is 0 Å². The van der Waals surface area contributed by atoms with Crippen molar-refractivity contribution >= 4 is 5.69 Å². The Kier molecular flexibility index (Phi) is 2.47. The largest absolute Gasteiger partial charge is 0.373 e. The van der Waals surface area contributed by atoms with E-state index in [1.54, 1.807) is 0 Å². The van der Waals surface area contributed by atoms with Crippen molar-refractivity contribution in [1.29, 1.82) is 0 Å². The van der Waals surface area contributed by atoms with Gasteiger partial charge in [0.15, 0.2) is 0 Å². The first-order valence-electron chi connectivity index (χ1n) is 5.57. The van der Waals surface area contributed by atoms with Gasteiger partial charge >= 0.3 is 0 Å². The molecule has 1 saturated carbocycles. The molecule has 0 atom stereocenters. The van der Waals surface area contributed by atoms with Gasteiger partial charge in [0.1, 0.15) is 0 Å². The van der Waals surface area contributed by atoms with Gasteiger partial charge in [-0.15, -0.1) is 0 Å². The minimum Gasteiger partial charge on any atom is -0.373 e. The molecule has 1 fully saturated rings. The second-order valence-electron chi connectivity index (χ2n) is 5.01. The minimum absolute atomic E-state index is 0.0882. The SMILES string of the molecule is Cc1ccc(C)c(N(C)CC2(N)CC2)c1. The zero-order valence-electron chi connectivity index (χ0n) is 9.88. The van der Waals surface area contributed by atoms with Crippen LogP contribution in [0.1, 0.15) is 24.0 Å². The predicted octanol–water partition coefficient (Wildman–Crippen LogP) is 2.23. The number of hydrogen-bond acceptors (Lipinski definition) is 2. The number of aryl methyl sites for hydroxylation is 2. The molecular weight excluding hydrogens is 184 g/mol. The van der Waals surface area contributed by atoms with Gasteiger partial charge in [-0.1, -0.05) is 12.1 Å². The summed E-state index contributed by atoms with van der Waals surface area (Å²) >= 11 is 0. The lowest BCUT2D eigenvalue weighted by Gasteiger charge is -2.25. The topological polar surface area (TPSA) is 29.3 Å². The van der Waals surface area contributed by atoms with Crippen molar-refractivity contribution in [2.24, 2.45) is 5.73 Å². The molecule has 1 aliphatic rings. The maximum atomic E-state index is 6.13. The molecule has 0 aromatic heterocycles. The van der Waals surface area contributed by atoms with Crippen LogP contribution >= 0.6 is 0 Å². The first kappa shape index (κ1) is 10.5. The quantitative estimate of drug-likeness (QED) is 0.818. The van der Waals surface area contributed by atoms with Crippen molar-refractivity contribution in [3.05, 3.63) is 29.3 Å². The van der Waals surface area contributed by atoms with Gasteiger partial charge in [0, 0.05) is 24.8 Å². The highest BCUT2D eigenvalue weighted by Gasteiger charge is 2.39. The van der Waals surface area contributed by atoms with E-state index in [0.717, 1.165) is 6.54 Å². The highest BCUT2D eigenvalue weighted by Crippen LogP contribution is 2.34. The lowest BCUT2D eigenvalue weighted by atomic mass is 10.1. The van der Waals surface area contributed by atoms with Gasteiger partial charge in [-0.3, -0.25) is 0 Å². The van der Waals surface area contributed by atoms with Crippen LogP contribution in [0.15, 0.2) is 18.2 Å². The standard InChI is InChI=1S/C13H20N2/c1-10-4-5-11(2)12(8-10)15(3)9-13(14)6-7-13/h4-5,8H,6-7,9,14H2,1-3H3. The Morgan fingerprint density at radius 3 is 2.60 bits per heavy atom. The molecule has 2 nitrogen and oxygen atoms in total. The summed E-state index contributed by atoms with van der Waals surface area (Å²) in [6.07, 6.45) is 2.34. The summed E-state index contributed by atoms with van der Waals surface area (Å²) in [7, 11) is 2.13. The first-order chi connectivity index (χ1) is 7.00. The van der Waals surface area contributed by atoms with Crippen LogP contribution in [0.5, 0.6) is 0 Å². The Labute approximate surface area is 92.1 Å². The van der Waals surface area contributed by atoms with Crippen LogP contribution in [-0.4, -0.2) is 19.1 Å². The van der Waals surface area contributed by atoms with Gasteiger partial charge < -0.3 is 10.6 Å². The van der Waals surface area contributed by atoms with E-state index >= 15 is 0 Å². The van der Waals surface area contributed by atoms with Gasteiger partial charge in [0.05, 0.1) is 0 Å². The maximum absolute atomic E-state index is 6.13. The summed E-state index contributed by atoms with van der Waals surface area (Å²) in [5.41, 5.74) is 10.2. The van der Waals surface area contributed by atoms with Crippen LogP contribution in [0.3, 0.4) is 0 Å². The van der Waals surface area contributed by atoms with E-state index < -0.39 is 0 Å². The van der Waals surface area contributed by atoms with E-state index in [0.29, 0.717) is 0 Å². The zero-order valence-corrected chi connectivity index (χ0v) is 9.88. The molecule has 2 N–H and O–H groups in total. The number of hydrogen-bond donors (Lipinski definition) is 1. The average Bonchev–Trinajstić information content (AvgIpc) is 2.87. The van der Waals surface area contributed by atoms with Crippen LogP contribution < -0.4 is 10.6 Å². The molecule has 1 aromatic rings. The Morgan fingerprint density at radius 1 is 1.33 bits per heavy atom. The lowest BCUT2D eigenvalue weighted by Crippen LogP contribution is -2.37. The Balaban J connectivity index is 2.16. The van der Waals surface area contributed by atoms with Crippen LogP contribution in [0, 0.1) is 13.8 Å². The molecule has 0 unspecified atom stereocenters. The van der Waals surface area contributed by atoms with E-state index in [1.807, 2.05) is 0 Å². The molecule has 0 saturated heterocycles. The third kappa shape index (κ3) is 2.32. The molecule has 82 valence electrons. The highest BCUT2D eigenvalue weighted by molar-refractivity contribution is 5.54. The Morgan fingerprint density at radius 2 is 2.00 bits per heavy atom. The van der Waals surface area contributed by atoms with Crippen molar-refractivity contribution in [3.8, 4) is 0 Å². The fraction of sp³-hybridized carbons (Fsp3) is 0.538. The molecule has 2 heteroatoms. The normalized spacial score (nSPS) is 17.6. The molecule has 0 bridgehead atoms. The monoisotopic (exact) mass is 204 g/mol. The number of anilines is 1. The fourth-order valence-corrected chi connectivity index (χ4v) is 2.01. The van der Waals surface area contributed by atoms with Crippen LogP contribution in [-0.2, 0) is 0 Å². The van der Waals surface area contributed by atoms with Crippen molar-refractivity contribution in [2.75, 3.05) is 18.5 Å². The van der Waals surface area contributed by atoms with Gasteiger partial charge in [0.2, 0.25) is 0 Å². The van der Waals surface area contributed by atoms with Crippen molar-refractivity contribution in [3.63, 3.8) is 0 Å². The number of nitrogens with two attached hydrogens (primary N) is 1. The second-order valence-corrected chi connectivity index (χ2v) is 5.01. The van der Waals surface area contributed by atoms with E-state index in [1.165, 1.54) is 29.7 Å². The average molecular weight is 204 g/mol. The molecule has 0 aliphatic heterocycles. The summed E-state index contributed by atoms with van der Waals surface area (Å²) in [6, 6.07) is 6.57. The van der Waals surface area contributed by atoms with Gasteiger partial charge in [-0.2, -0.15) is 0 Å². The summed E-state index contributed by atoms with van der Waals surface area (Å²) < 4.78 is 0. The third-order valence-corrected chi connectivity index (χ3v) is 3.22. The number of likely N-dealkylation sites (N-methyl/N-ethyl adjacent to an activating group) is 1. The molecule has 0 radical (unpaired) electrons. The summed E-state index contributed by atoms with van der Waals surface area (Å²) in [5, 5.41) is 0. The fourth-order valence-electron chi connectivity index (χ4n) is 2.01. The van der Waals surface area contributed by atoms with E-state index in [9.17, 15) is 0 Å². The van der Waals surface area contributed by atoms with Crippen molar-refractivity contribution < 1.29 is 0 Å². The maximum Gasteiger partial charge on any atom is 0.0396 e. The van der Waals surface area contributed by atoms with E-state index in [4.69, 9.17) is 5.73 Å². The van der Waals surface area contributed by atoms with Gasteiger partial charge in [-0.05, 0) is 43.9 Å². The Hall–Kier alpha value is -1.02. The van der Waals surface area contributed by atoms with Crippen LogP contribution in [0.4, 0.5) is 5.69 Å². The lowest BCUT2D eigenvalue weighted by molar-refractivity contribution is 0.659. The molecule has 15 heavy (non-hydrogen) atoms. The van der Waals surface area contributed by atoms with E-state index in [-0.39, 0.29) is 5.54 Å². The summed E-state index contributed by atoms with van der Waals surface area (Å²) in [5.74, 6) is 0. The predicted molar refractivity (Wildman–Crippen MR) is 65.3 cm³/mol. The molecule has 0 heterocycles. The minimum atomic E-state index is 0.0882. The summed E-state index contributed by atoms with van der Waals surface area (Å²) in [4.78, 5) is 2.29. The highest BCUT2D eigenvalue weighted by atomic mass is 15.1. The molecular formula is C13H20N2. The van der Waals surface area contributed by atoms with Crippen LogP contribution in [0.25, 0.3) is 0 Å². The van der Waals surface area contributed by atoms with Gasteiger partial charge in [-0.25, -0.2) is 0 Å². The molecule has 2 rings (SSSR count). The second kappa shape index (κ2) is 3.53.